The smallest absolute Gasteiger partial charge is 0.237 e. The Labute approximate surface area is 106 Å². The number of amides is 1. The van der Waals surface area contributed by atoms with Crippen LogP contribution in [0.5, 0.6) is 0 Å². The summed E-state index contributed by atoms with van der Waals surface area (Å²) in [6, 6.07) is 0.175. The summed E-state index contributed by atoms with van der Waals surface area (Å²) in [6.07, 6.45) is 3.17. The highest BCUT2D eigenvalue weighted by Crippen LogP contribution is 2.02. The van der Waals surface area contributed by atoms with E-state index in [4.69, 9.17) is 5.73 Å². The van der Waals surface area contributed by atoms with Crippen LogP contribution in [0.2, 0.25) is 0 Å². The molecule has 0 aliphatic carbocycles. The Morgan fingerprint density at radius 3 is 2.35 bits per heavy atom. The standard InChI is InChI=1S/C13H29N3O/c1-5-7-11(3)15-13(17)12(4)16(9-6-2)10-8-14/h11-12H,5-10,14H2,1-4H3,(H,15,17). The molecule has 2 unspecified atom stereocenters. The van der Waals surface area contributed by atoms with Gasteiger partial charge in [0.25, 0.3) is 0 Å². The number of hydrogen-bond acceptors (Lipinski definition) is 3. The third kappa shape index (κ3) is 6.64. The van der Waals surface area contributed by atoms with Gasteiger partial charge in [-0.3, -0.25) is 9.69 Å². The molecule has 2 atom stereocenters. The van der Waals surface area contributed by atoms with Gasteiger partial charge < -0.3 is 11.1 Å². The van der Waals surface area contributed by atoms with E-state index in [1.54, 1.807) is 0 Å². The molecule has 17 heavy (non-hydrogen) atoms. The highest BCUT2D eigenvalue weighted by Gasteiger charge is 2.20. The van der Waals surface area contributed by atoms with Gasteiger partial charge in [0.2, 0.25) is 5.91 Å². The molecule has 0 aliphatic rings. The molecular formula is C13H29N3O. The Balaban J connectivity index is 4.23. The molecule has 0 aromatic carbocycles. The predicted octanol–water partition coefficient (Wildman–Crippen LogP) is 1.35. The van der Waals surface area contributed by atoms with Crippen molar-refractivity contribution in [3.63, 3.8) is 0 Å². The maximum atomic E-state index is 12.0. The zero-order valence-corrected chi connectivity index (χ0v) is 11.8. The van der Waals surface area contributed by atoms with E-state index in [0.717, 1.165) is 32.4 Å². The third-order valence-electron chi connectivity index (χ3n) is 2.96. The lowest BCUT2D eigenvalue weighted by atomic mass is 10.1. The van der Waals surface area contributed by atoms with E-state index in [-0.39, 0.29) is 18.0 Å². The highest BCUT2D eigenvalue weighted by atomic mass is 16.2. The highest BCUT2D eigenvalue weighted by molar-refractivity contribution is 5.81. The lowest BCUT2D eigenvalue weighted by molar-refractivity contribution is -0.126. The first-order valence-corrected chi connectivity index (χ1v) is 6.81. The minimum absolute atomic E-state index is 0.0854. The fraction of sp³-hybridized carbons (Fsp3) is 0.923. The summed E-state index contributed by atoms with van der Waals surface area (Å²) in [4.78, 5) is 14.2. The van der Waals surface area contributed by atoms with Gasteiger partial charge >= 0.3 is 0 Å². The van der Waals surface area contributed by atoms with Crippen LogP contribution in [0, 0.1) is 0 Å². The van der Waals surface area contributed by atoms with E-state index in [9.17, 15) is 4.79 Å². The molecular weight excluding hydrogens is 214 g/mol. The monoisotopic (exact) mass is 243 g/mol. The van der Waals surface area contributed by atoms with Gasteiger partial charge in [-0.05, 0) is 33.2 Å². The van der Waals surface area contributed by atoms with Crippen LogP contribution in [-0.2, 0) is 4.79 Å². The molecule has 0 aromatic rings. The summed E-state index contributed by atoms with van der Waals surface area (Å²) in [5.74, 6) is 0.118. The largest absolute Gasteiger partial charge is 0.352 e. The zero-order valence-electron chi connectivity index (χ0n) is 11.8. The first kappa shape index (κ1) is 16.4. The fourth-order valence-corrected chi connectivity index (χ4v) is 1.99. The van der Waals surface area contributed by atoms with Gasteiger partial charge in [0.05, 0.1) is 6.04 Å². The number of carbonyl (C=O) groups excluding carboxylic acids is 1. The minimum atomic E-state index is -0.0854. The molecule has 1 amide bonds. The number of rotatable bonds is 9. The lowest BCUT2D eigenvalue weighted by Gasteiger charge is -2.28. The van der Waals surface area contributed by atoms with Gasteiger partial charge in [-0.1, -0.05) is 20.3 Å². The normalized spacial score (nSPS) is 14.7. The number of nitrogens with zero attached hydrogens (tertiary/aromatic N) is 1. The minimum Gasteiger partial charge on any atom is -0.352 e. The van der Waals surface area contributed by atoms with Crippen molar-refractivity contribution in [3.05, 3.63) is 0 Å². The number of carbonyl (C=O) groups is 1. The molecule has 0 saturated carbocycles. The van der Waals surface area contributed by atoms with Crippen LogP contribution >= 0.6 is 0 Å². The van der Waals surface area contributed by atoms with Gasteiger partial charge in [-0.15, -0.1) is 0 Å². The third-order valence-corrected chi connectivity index (χ3v) is 2.96. The summed E-state index contributed by atoms with van der Waals surface area (Å²) in [7, 11) is 0. The van der Waals surface area contributed by atoms with Gasteiger partial charge in [0.1, 0.15) is 0 Å². The van der Waals surface area contributed by atoms with Crippen molar-refractivity contribution < 1.29 is 4.79 Å². The maximum Gasteiger partial charge on any atom is 0.237 e. The molecule has 4 nitrogen and oxygen atoms in total. The Bertz CT molecular complexity index is 203. The predicted molar refractivity (Wildman–Crippen MR) is 72.9 cm³/mol. The molecule has 0 aromatic heterocycles. The molecule has 3 N–H and O–H groups in total. The molecule has 102 valence electrons. The second kappa shape index (κ2) is 9.42. The molecule has 0 saturated heterocycles. The van der Waals surface area contributed by atoms with Crippen LogP contribution in [0.3, 0.4) is 0 Å². The van der Waals surface area contributed by atoms with Crippen molar-refractivity contribution in [2.45, 2.75) is 59.0 Å². The Kier molecular flexibility index (Phi) is 9.09. The Morgan fingerprint density at radius 1 is 1.24 bits per heavy atom. The SMILES string of the molecule is CCCC(C)NC(=O)C(C)N(CCC)CCN. The van der Waals surface area contributed by atoms with Gasteiger partial charge in [-0.2, -0.15) is 0 Å². The van der Waals surface area contributed by atoms with Crippen molar-refractivity contribution in [1.82, 2.24) is 10.2 Å². The van der Waals surface area contributed by atoms with Gasteiger partial charge in [-0.25, -0.2) is 0 Å². The van der Waals surface area contributed by atoms with Crippen molar-refractivity contribution >= 4 is 5.91 Å². The first-order chi connectivity index (χ1) is 8.06. The number of nitrogens with one attached hydrogen (secondary N) is 1. The van der Waals surface area contributed by atoms with Crippen LogP contribution in [0.4, 0.5) is 0 Å². The van der Waals surface area contributed by atoms with E-state index in [1.165, 1.54) is 0 Å². The summed E-state index contributed by atoms with van der Waals surface area (Å²) >= 11 is 0. The van der Waals surface area contributed by atoms with Crippen molar-refractivity contribution in [1.29, 1.82) is 0 Å². The van der Waals surface area contributed by atoms with E-state index in [2.05, 4.69) is 31.0 Å². The molecule has 0 radical (unpaired) electrons. The van der Waals surface area contributed by atoms with Crippen molar-refractivity contribution in [2.75, 3.05) is 19.6 Å². The summed E-state index contributed by atoms with van der Waals surface area (Å²) in [6.45, 7) is 10.6. The number of nitrogens with two attached hydrogens (primary N) is 1. The summed E-state index contributed by atoms with van der Waals surface area (Å²) < 4.78 is 0. The molecule has 0 fully saturated rings. The number of hydrogen-bond donors (Lipinski definition) is 2. The van der Waals surface area contributed by atoms with Crippen LogP contribution in [0.1, 0.15) is 47.0 Å². The van der Waals surface area contributed by atoms with Gasteiger partial charge in [0.15, 0.2) is 0 Å². The second-order valence-electron chi connectivity index (χ2n) is 4.70. The summed E-state index contributed by atoms with van der Waals surface area (Å²) in [5, 5.41) is 3.06. The maximum absolute atomic E-state index is 12.0. The average Bonchev–Trinajstić information content (AvgIpc) is 2.28. The summed E-state index contributed by atoms with van der Waals surface area (Å²) in [5.41, 5.74) is 5.57. The van der Waals surface area contributed by atoms with Crippen molar-refractivity contribution in [3.8, 4) is 0 Å². The second-order valence-corrected chi connectivity index (χ2v) is 4.70. The molecule has 4 heteroatoms. The van der Waals surface area contributed by atoms with Gasteiger partial charge in [0, 0.05) is 19.1 Å². The van der Waals surface area contributed by atoms with Crippen LogP contribution in [0.25, 0.3) is 0 Å². The van der Waals surface area contributed by atoms with Crippen LogP contribution in [0.15, 0.2) is 0 Å². The molecule has 0 aliphatic heterocycles. The van der Waals surface area contributed by atoms with E-state index < -0.39 is 0 Å². The lowest BCUT2D eigenvalue weighted by Crippen LogP contribution is -2.49. The zero-order chi connectivity index (χ0) is 13.3. The van der Waals surface area contributed by atoms with E-state index >= 15 is 0 Å². The van der Waals surface area contributed by atoms with Crippen LogP contribution in [-0.4, -0.2) is 42.5 Å². The first-order valence-electron chi connectivity index (χ1n) is 6.81. The average molecular weight is 243 g/mol. The topological polar surface area (TPSA) is 58.4 Å². The van der Waals surface area contributed by atoms with E-state index in [1.807, 2.05) is 6.92 Å². The Morgan fingerprint density at radius 2 is 1.88 bits per heavy atom. The quantitative estimate of drug-likeness (QED) is 0.643. The molecule has 0 heterocycles. The Hall–Kier alpha value is -0.610. The molecule has 0 spiro atoms. The van der Waals surface area contributed by atoms with Crippen molar-refractivity contribution in [2.24, 2.45) is 5.73 Å². The van der Waals surface area contributed by atoms with E-state index in [0.29, 0.717) is 6.54 Å². The molecule has 0 bridgehead atoms. The van der Waals surface area contributed by atoms with Crippen LogP contribution < -0.4 is 11.1 Å². The fourth-order valence-electron chi connectivity index (χ4n) is 1.99. The molecule has 0 rings (SSSR count).